The van der Waals surface area contributed by atoms with Crippen LogP contribution in [0.2, 0.25) is 0 Å². The van der Waals surface area contributed by atoms with Gasteiger partial charge in [0.05, 0.1) is 6.67 Å². The maximum atomic E-state index is 11.7. The number of nitrogens with zero attached hydrogens (tertiary/aromatic N) is 1. The SMILES string of the molecule is Cl.N[C@H]1CCN(CCCF)C1. The molecule has 0 aromatic heterocycles. The molecule has 1 fully saturated rings. The standard InChI is InChI=1S/C7H15FN2.ClH/c8-3-1-4-10-5-2-7(9)6-10;/h7H,1-6,9H2;1H/t7-;/m0./s1. The molecule has 1 rings (SSSR count). The second-order valence-corrected chi connectivity index (χ2v) is 2.89. The predicted molar refractivity (Wildman–Crippen MR) is 46.9 cm³/mol. The minimum absolute atomic E-state index is 0. The van der Waals surface area contributed by atoms with Crippen LogP contribution in [0.3, 0.4) is 0 Å². The van der Waals surface area contributed by atoms with Gasteiger partial charge in [-0.1, -0.05) is 0 Å². The van der Waals surface area contributed by atoms with Crippen LogP contribution >= 0.6 is 12.4 Å². The number of hydrogen-bond donors (Lipinski definition) is 1. The zero-order valence-electron chi connectivity index (χ0n) is 6.63. The minimum Gasteiger partial charge on any atom is -0.326 e. The van der Waals surface area contributed by atoms with Gasteiger partial charge < -0.3 is 10.6 Å². The number of halogens is 2. The first-order valence-electron chi connectivity index (χ1n) is 3.87. The van der Waals surface area contributed by atoms with E-state index in [0.29, 0.717) is 12.5 Å². The molecule has 0 aliphatic carbocycles. The van der Waals surface area contributed by atoms with Crippen molar-refractivity contribution in [1.82, 2.24) is 4.90 Å². The Morgan fingerprint density at radius 1 is 1.55 bits per heavy atom. The van der Waals surface area contributed by atoms with E-state index in [1.807, 2.05) is 0 Å². The average molecular weight is 183 g/mol. The van der Waals surface area contributed by atoms with Crippen molar-refractivity contribution in [3.8, 4) is 0 Å². The van der Waals surface area contributed by atoms with Crippen molar-refractivity contribution in [2.24, 2.45) is 5.73 Å². The lowest BCUT2D eigenvalue weighted by Gasteiger charge is -2.12. The van der Waals surface area contributed by atoms with Crippen molar-refractivity contribution >= 4 is 12.4 Å². The van der Waals surface area contributed by atoms with Crippen molar-refractivity contribution in [2.45, 2.75) is 18.9 Å². The molecule has 0 aromatic carbocycles. The van der Waals surface area contributed by atoms with Crippen LogP contribution in [0.25, 0.3) is 0 Å². The molecule has 0 spiro atoms. The minimum atomic E-state index is -0.203. The van der Waals surface area contributed by atoms with E-state index in [4.69, 9.17) is 5.73 Å². The highest BCUT2D eigenvalue weighted by Gasteiger charge is 2.17. The Hall–Kier alpha value is 0.140. The fraction of sp³-hybridized carbons (Fsp3) is 1.00. The summed E-state index contributed by atoms with van der Waals surface area (Å²) < 4.78 is 11.7. The third-order valence-electron chi connectivity index (χ3n) is 1.92. The molecule has 11 heavy (non-hydrogen) atoms. The van der Waals surface area contributed by atoms with Crippen LogP contribution in [0.1, 0.15) is 12.8 Å². The first kappa shape index (κ1) is 11.1. The molecular weight excluding hydrogens is 167 g/mol. The molecule has 1 atom stereocenters. The van der Waals surface area contributed by atoms with Crippen LogP contribution in [0.4, 0.5) is 4.39 Å². The molecular formula is C7H16ClFN2. The first-order valence-corrected chi connectivity index (χ1v) is 3.87. The first-order chi connectivity index (χ1) is 4.83. The van der Waals surface area contributed by atoms with Gasteiger partial charge in [-0.3, -0.25) is 4.39 Å². The summed E-state index contributed by atoms with van der Waals surface area (Å²) in [5, 5.41) is 0. The summed E-state index contributed by atoms with van der Waals surface area (Å²) in [7, 11) is 0. The molecule has 0 amide bonds. The number of hydrogen-bond acceptors (Lipinski definition) is 2. The number of likely N-dealkylation sites (tertiary alicyclic amines) is 1. The van der Waals surface area contributed by atoms with Gasteiger partial charge in [-0.05, 0) is 19.4 Å². The van der Waals surface area contributed by atoms with Gasteiger partial charge in [0.15, 0.2) is 0 Å². The van der Waals surface area contributed by atoms with Crippen molar-refractivity contribution in [1.29, 1.82) is 0 Å². The van der Waals surface area contributed by atoms with E-state index in [1.54, 1.807) is 0 Å². The lowest BCUT2D eigenvalue weighted by atomic mass is 10.3. The Morgan fingerprint density at radius 2 is 2.27 bits per heavy atom. The van der Waals surface area contributed by atoms with E-state index in [9.17, 15) is 4.39 Å². The third kappa shape index (κ3) is 3.89. The summed E-state index contributed by atoms with van der Waals surface area (Å²) in [5.41, 5.74) is 5.66. The topological polar surface area (TPSA) is 29.3 Å². The molecule has 2 nitrogen and oxygen atoms in total. The molecule has 2 N–H and O–H groups in total. The third-order valence-corrected chi connectivity index (χ3v) is 1.92. The maximum absolute atomic E-state index is 11.7. The zero-order chi connectivity index (χ0) is 7.40. The van der Waals surface area contributed by atoms with Crippen LogP contribution in [0.5, 0.6) is 0 Å². The summed E-state index contributed by atoms with van der Waals surface area (Å²) >= 11 is 0. The smallest absolute Gasteiger partial charge is 0.0906 e. The molecule has 0 saturated carbocycles. The van der Waals surface area contributed by atoms with E-state index < -0.39 is 0 Å². The second kappa shape index (κ2) is 5.75. The molecule has 0 radical (unpaired) electrons. The Labute approximate surface area is 73.3 Å². The molecule has 0 unspecified atom stereocenters. The van der Waals surface area contributed by atoms with Gasteiger partial charge >= 0.3 is 0 Å². The van der Waals surface area contributed by atoms with Crippen LogP contribution in [0, 0.1) is 0 Å². The van der Waals surface area contributed by atoms with E-state index in [1.165, 1.54) is 0 Å². The quantitative estimate of drug-likeness (QED) is 0.700. The molecule has 1 heterocycles. The molecule has 1 aliphatic heterocycles. The van der Waals surface area contributed by atoms with Gasteiger partial charge in [0.2, 0.25) is 0 Å². The second-order valence-electron chi connectivity index (χ2n) is 2.89. The molecule has 4 heteroatoms. The molecule has 1 aliphatic rings. The van der Waals surface area contributed by atoms with Gasteiger partial charge in [0.1, 0.15) is 0 Å². The highest BCUT2D eigenvalue weighted by atomic mass is 35.5. The van der Waals surface area contributed by atoms with E-state index in [-0.39, 0.29) is 19.1 Å². The van der Waals surface area contributed by atoms with E-state index in [0.717, 1.165) is 26.1 Å². The predicted octanol–water partition coefficient (Wildman–Crippen LogP) is 0.801. The van der Waals surface area contributed by atoms with Gasteiger partial charge in [-0.15, -0.1) is 12.4 Å². The Balaban J connectivity index is 0.000001000. The van der Waals surface area contributed by atoms with Gasteiger partial charge in [0.25, 0.3) is 0 Å². The number of nitrogens with two attached hydrogens (primary N) is 1. The number of alkyl halides is 1. The van der Waals surface area contributed by atoms with Crippen LogP contribution in [0.15, 0.2) is 0 Å². The van der Waals surface area contributed by atoms with E-state index >= 15 is 0 Å². The summed E-state index contributed by atoms with van der Waals surface area (Å²) in [6.45, 7) is 2.69. The average Bonchev–Trinajstić information content (AvgIpc) is 2.31. The zero-order valence-corrected chi connectivity index (χ0v) is 7.45. The largest absolute Gasteiger partial charge is 0.326 e. The fourth-order valence-corrected chi connectivity index (χ4v) is 1.35. The normalized spacial score (nSPS) is 25.1. The van der Waals surface area contributed by atoms with Gasteiger partial charge in [-0.25, -0.2) is 0 Å². The van der Waals surface area contributed by atoms with Crippen molar-refractivity contribution in [2.75, 3.05) is 26.3 Å². The monoisotopic (exact) mass is 182 g/mol. The van der Waals surface area contributed by atoms with Crippen LogP contribution < -0.4 is 5.73 Å². The molecule has 1 saturated heterocycles. The van der Waals surface area contributed by atoms with Gasteiger partial charge in [-0.2, -0.15) is 0 Å². The lowest BCUT2D eigenvalue weighted by Crippen LogP contribution is -2.27. The Bertz CT molecular complexity index is 102. The fourth-order valence-electron chi connectivity index (χ4n) is 1.35. The van der Waals surface area contributed by atoms with Crippen molar-refractivity contribution in [3.63, 3.8) is 0 Å². The summed E-state index contributed by atoms with van der Waals surface area (Å²) in [4.78, 5) is 2.23. The summed E-state index contributed by atoms with van der Waals surface area (Å²) in [6, 6.07) is 0.333. The van der Waals surface area contributed by atoms with Crippen LogP contribution in [-0.4, -0.2) is 37.3 Å². The Kier molecular flexibility index (Phi) is 5.82. The highest BCUT2D eigenvalue weighted by Crippen LogP contribution is 2.06. The molecule has 68 valence electrons. The molecule has 0 aromatic rings. The van der Waals surface area contributed by atoms with E-state index in [2.05, 4.69) is 4.90 Å². The summed E-state index contributed by atoms with van der Waals surface area (Å²) in [6.07, 6.45) is 1.74. The maximum Gasteiger partial charge on any atom is 0.0906 e. The summed E-state index contributed by atoms with van der Waals surface area (Å²) in [5.74, 6) is 0. The van der Waals surface area contributed by atoms with Crippen LogP contribution in [-0.2, 0) is 0 Å². The van der Waals surface area contributed by atoms with Crippen molar-refractivity contribution in [3.05, 3.63) is 0 Å². The van der Waals surface area contributed by atoms with Gasteiger partial charge in [0, 0.05) is 19.1 Å². The Morgan fingerprint density at radius 3 is 2.73 bits per heavy atom. The van der Waals surface area contributed by atoms with Crippen molar-refractivity contribution < 1.29 is 4.39 Å². The molecule has 0 bridgehead atoms. The number of rotatable bonds is 3. The highest BCUT2D eigenvalue weighted by molar-refractivity contribution is 5.85. The lowest BCUT2D eigenvalue weighted by molar-refractivity contribution is 0.309.